The zero-order chi connectivity index (χ0) is 21.2. The Hall–Kier alpha value is -2.87. The molecule has 0 spiro atoms. The Kier molecular flexibility index (Phi) is 5.93. The van der Waals surface area contributed by atoms with Crippen molar-refractivity contribution in [3.63, 3.8) is 0 Å². The average Bonchev–Trinajstić information content (AvgIpc) is 2.97. The molecule has 0 fully saturated rings. The number of carbonyl (C=O) groups excluding carboxylic acids is 1. The zero-order valence-corrected chi connectivity index (χ0v) is 16.0. The molecule has 3 aromatic rings. The lowest BCUT2D eigenvalue weighted by atomic mass is 10.1. The molecule has 1 N–H and O–H groups in total. The second kappa shape index (κ2) is 8.24. The molecule has 0 saturated heterocycles. The van der Waals surface area contributed by atoms with Crippen LogP contribution in [0.2, 0.25) is 5.02 Å². The lowest BCUT2D eigenvalue weighted by Crippen LogP contribution is -2.26. The Morgan fingerprint density at radius 3 is 2.55 bits per heavy atom. The number of amides is 1. The van der Waals surface area contributed by atoms with Crippen LogP contribution in [-0.4, -0.2) is 15.7 Å². The minimum Gasteiger partial charge on any atom is -0.350 e. The first-order valence-corrected chi connectivity index (χ1v) is 8.95. The van der Waals surface area contributed by atoms with Crippen LogP contribution in [0.4, 0.5) is 17.6 Å². The number of carbonyl (C=O) groups is 1. The third kappa shape index (κ3) is 4.95. The van der Waals surface area contributed by atoms with Crippen molar-refractivity contribution in [3.05, 3.63) is 81.9 Å². The normalized spacial score (nSPS) is 11.5. The van der Waals surface area contributed by atoms with E-state index in [0.717, 1.165) is 4.68 Å². The first-order valence-electron chi connectivity index (χ1n) is 8.58. The van der Waals surface area contributed by atoms with Gasteiger partial charge in [-0.05, 0) is 42.8 Å². The Morgan fingerprint density at radius 2 is 1.90 bits per heavy atom. The first-order chi connectivity index (χ1) is 13.6. The Morgan fingerprint density at radius 1 is 1.17 bits per heavy atom. The van der Waals surface area contributed by atoms with Crippen LogP contribution in [0.3, 0.4) is 0 Å². The van der Waals surface area contributed by atoms with Gasteiger partial charge in [0.15, 0.2) is 5.69 Å². The van der Waals surface area contributed by atoms with Crippen LogP contribution in [0.25, 0.3) is 5.69 Å². The van der Waals surface area contributed by atoms with Crippen LogP contribution in [0.1, 0.15) is 22.5 Å². The highest BCUT2D eigenvalue weighted by atomic mass is 35.5. The van der Waals surface area contributed by atoms with Crippen LogP contribution in [0.5, 0.6) is 0 Å². The highest BCUT2D eigenvalue weighted by Gasteiger charge is 2.38. The number of aromatic nitrogens is 2. The maximum Gasteiger partial charge on any atom is 0.435 e. The molecule has 0 radical (unpaired) electrons. The van der Waals surface area contributed by atoms with E-state index < -0.39 is 23.6 Å². The molecule has 0 bridgehead atoms. The number of alkyl halides is 3. The molecule has 3 rings (SSSR count). The molecule has 0 aliphatic heterocycles. The van der Waals surface area contributed by atoms with Gasteiger partial charge in [0.2, 0.25) is 5.91 Å². The molecule has 1 aromatic heterocycles. The summed E-state index contributed by atoms with van der Waals surface area (Å²) in [4.78, 5) is 12.2. The third-order valence-electron chi connectivity index (χ3n) is 4.27. The van der Waals surface area contributed by atoms with E-state index >= 15 is 0 Å². The number of nitrogens with one attached hydrogen (secondary N) is 1. The van der Waals surface area contributed by atoms with Gasteiger partial charge in [0.1, 0.15) is 5.82 Å². The lowest BCUT2D eigenvalue weighted by Gasteiger charge is -2.10. The maximum absolute atomic E-state index is 13.3. The second-order valence-electron chi connectivity index (χ2n) is 6.39. The van der Waals surface area contributed by atoms with Crippen molar-refractivity contribution < 1.29 is 22.4 Å². The quantitative estimate of drug-likeness (QED) is 0.594. The fourth-order valence-corrected chi connectivity index (χ4v) is 3.09. The molecule has 1 amide bonds. The summed E-state index contributed by atoms with van der Waals surface area (Å²) in [5.74, 6) is -0.928. The number of hydrogen-bond donors (Lipinski definition) is 1. The van der Waals surface area contributed by atoms with E-state index in [-0.39, 0.29) is 24.2 Å². The number of benzene rings is 2. The van der Waals surface area contributed by atoms with Crippen LogP contribution >= 0.6 is 11.6 Å². The van der Waals surface area contributed by atoms with Crippen molar-refractivity contribution in [1.29, 1.82) is 0 Å². The van der Waals surface area contributed by atoms with Crippen LogP contribution < -0.4 is 5.32 Å². The van der Waals surface area contributed by atoms with Gasteiger partial charge in [-0.15, -0.1) is 0 Å². The molecule has 9 heteroatoms. The summed E-state index contributed by atoms with van der Waals surface area (Å²) in [6, 6.07) is 11.8. The molecule has 4 nitrogen and oxygen atoms in total. The first kappa shape index (κ1) is 20.9. The standard InChI is InChI=1S/C20H16ClF4N3O/c1-12-17(11-26-18(29)9-13-4-2-6-15(22)8-13)28(27-19(12)20(23,24)25)16-7-3-5-14(21)10-16/h2-8,10H,9,11H2,1H3,(H,26,29). The summed E-state index contributed by atoms with van der Waals surface area (Å²) in [5, 5.41) is 6.61. The highest BCUT2D eigenvalue weighted by Crippen LogP contribution is 2.33. The largest absolute Gasteiger partial charge is 0.435 e. The minimum atomic E-state index is -4.64. The highest BCUT2D eigenvalue weighted by molar-refractivity contribution is 6.30. The van der Waals surface area contributed by atoms with Crippen LogP contribution in [0, 0.1) is 12.7 Å². The molecular weight excluding hydrogens is 410 g/mol. The molecule has 2 aromatic carbocycles. The molecule has 0 unspecified atom stereocenters. The number of halogens is 5. The van der Waals surface area contributed by atoms with E-state index in [1.807, 2.05) is 0 Å². The van der Waals surface area contributed by atoms with Gasteiger partial charge in [-0.1, -0.05) is 29.8 Å². The average molecular weight is 426 g/mol. The van der Waals surface area contributed by atoms with Gasteiger partial charge < -0.3 is 5.32 Å². The van der Waals surface area contributed by atoms with Gasteiger partial charge in [0, 0.05) is 10.6 Å². The van der Waals surface area contributed by atoms with E-state index in [0.29, 0.717) is 16.3 Å². The summed E-state index contributed by atoms with van der Waals surface area (Å²) in [6.07, 6.45) is -4.75. The van der Waals surface area contributed by atoms with E-state index in [1.165, 1.54) is 31.2 Å². The van der Waals surface area contributed by atoms with Crippen LogP contribution in [-0.2, 0) is 23.9 Å². The number of rotatable bonds is 5. The summed E-state index contributed by atoms with van der Waals surface area (Å²) < 4.78 is 54.4. The molecule has 29 heavy (non-hydrogen) atoms. The van der Waals surface area contributed by atoms with Gasteiger partial charge in [-0.2, -0.15) is 18.3 Å². The predicted molar refractivity (Wildman–Crippen MR) is 100 cm³/mol. The topological polar surface area (TPSA) is 46.9 Å². The molecule has 0 aliphatic rings. The Labute approximate surface area is 169 Å². The Balaban J connectivity index is 1.87. The van der Waals surface area contributed by atoms with Gasteiger partial charge in [-0.3, -0.25) is 4.79 Å². The molecular formula is C20H16ClF4N3O. The third-order valence-corrected chi connectivity index (χ3v) is 4.51. The summed E-state index contributed by atoms with van der Waals surface area (Å²) in [6.45, 7) is 1.11. The van der Waals surface area contributed by atoms with Crippen molar-refractivity contribution in [2.75, 3.05) is 0 Å². The molecule has 0 atom stereocenters. The smallest absolute Gasteiger partial charge is 0.350 e. The predicted octanol–water partition coefficient (Wildman–Crippen LogP) is 4.85. The SMILES string of the molecule is Cc1c(C(F)(F)F)nn(-c2cccc(Cl)c2)c1CNC(=O)Cc1cccc(F)c1. The van der Waals surface area contributed by atoms with Gasteiger partial charge in [-0.25, -0.2) is 9.07 Å². The van der Waals surface area contributed by atoms with Gasteiger partial charge in [0.05, 0.1) is 24.3 Å². The van der Waals surface area contributed by atoms with Crippen LogP contribution in [0.15, 0.2) is 48.5 Å². The fourth-order valence-electron chi connectivity index (χ4n) is 2.91. The van der Waals surface area contributed by atoms with Gasteiger partial charge in [0.25, 0.3) is 0 Å². The van der Waals surface area contributed by atoms with Crippen molar-refractivity contribution in [1.82, 2.24) is 15.1 Å². The Bertz CT molecular complexity index is 1050. The van der Waals surface area contributed by atoms with Gasteiger partial charge >= 0.3 is 6.18 Å². The second-order valence-corrected chi connectivity index (χ2v) is 6.83. The van der Waals surface area contributed by atoms with E-state index in [9.17, 15) is 22.4 Å². The summed E-state index contributed by atoms with van der Waals surface area (Å²) >= 11 is 5.95. The monoisotopic (exact) mass is 425 g/mol. The van der Waals surface area contributed by atoms with Crippen molar-refractivity contribution in [2.24, 2.45) is 0 Å². The van der Waals surface area contributed by atoms with Crippen molar-refractivity contribution >= 4 is 17.5 Å². The van der Waals surface area contributed by atoms with E-state index in [4.69, 9.17) is 11.6 Å². The fraction of sp³-hybridized carbons (Fsp3) is 0.200. The van der Waals surface area contributed by atoms with E-state index in [2.05, 4.69) is 10.4 Å². The molecule has 1 heterocycles. The maximum atomic E-state index is 13.3. The number of hydrogen-bond acceptors (Lipinski definition) is 2. The van der Waals surface area contributed by atoms with E-state index in [1.54, 1.807) is 24.3 Å². The lowest BCUT2D eigenvalue weighted by molar-refractivity contribution is -0.141. The summed E-state index contributed by atoms with van der Waals surface area (Å²) in [5.41, 5.74) is -0.161. The van der Waals surface area contributed by atoms with Crippen molar-refractivity contribution in [3.8, 4) is 5.69 Å². The zero-order valence-electron chi connectivity index (χ0n) is 15.2. The molecule has 0 aliphatic carbocycles. The molecule has 152 valence electrons. The minimum absolute atomic E-state index is 0.0940. The number of nitrogens with zero attached hydrogens (tertiary/aromatic N) is 2. The summed E-state index contributed by atoms with van der Waals surface area (Å²) in [7, 11) is 0. The molecule has 0 saturated carbocycles. The van der Waals surface area contributed by atoms with Crippen molar-refractivity contribution in [2.45, 2.75) is 26.1 Å².